The number of thiophene rings is 1. The summed E-state index contributed by atoms with van der Waals surface area (Å²) >= 11 is 1.62. The summed E-state index contributed by atoms with van der Waals surface area (Å²) < 4.78 is 7.09. The van der Waals surface area contributed by atoms with Gasteiger partial charge < -0.3 is 9.30 Å². The fraction of sp³-hybridized carbons (Fsp3) is 0.429. The van der Waals surface area contributed by atoms with Gasteiger partial charge in [-0.05, 0) is 24.8 Å². The molecule has 2 aromatic rings. The zero-order chi connectivity index (χ0) is 13.7. The molecular weight excluding hydrogens is 260 g/mol. The molecule has 1 atom stereocenters. The molecule has 5 heteroatoms. The van der Waals surface area contributed by atoms with Gasteiger partial charge in [-0.15, -0.1) is 11.3 Å². The first-order valence-corrected chi connectivity index (χ1v) is 7.39. The van der Waals surface area contributed by atoms with Crippen molar-refractivity contribution in [1.29, 1.82) is 0 Å². The highest BCUT2D eigenvalue weighted by Gasteiger charge is 2.23. The maximum absolute atomic E-state index is 12.1. The standard InChI is InChI=1S/C14H18N2O2S/c1-3-6-11(14(17)18-4-2)16-9-8-15-13(16)12-7-5-10-19-12/h5,7-11H,3-4,6H2,1-2H3. The minimum absolute atomic E-state index is 0.180. The smallest absolute Gasteiger partial charge is 0.329 e. The SMILES string of the molecule is CCCC(C(=O)OCC)n1ccnc1-c1cccs1. The summed E-state index contributed by atoms with van der Waals surface area (Å²) in [5.41, 5.74) is 0. The van der Waals surface area contributed by atoms with Crippen molar-refractivity contribution < 1.29 is 9.53 Å². The Morgan fingerprint density at radius 2 is 2.37 bits per heavy atom. The second-order valence-electron chi connectivity index (χ2n) is 4.19. The van der Waals surface area contributed by atoms with Crippen LogP contribution in [0.4, 0.5) is 0 Å². The number of esters is 1. The molecule has 0 fully saturated rings. The fourth-order valence-electron chi connectivity index (χ4n) is 2.04. The molecule has 0 N–H and O–H groups in total. The Balaban J connectivity index is 2.32. The molecule has 19 heavy (non-hydrogen) atoms. The average Bonchev–Trinajstić information content (AvgIpc) is 3.06. The maximum Gasteiger partial charge on any atom is 0.329 e. The number of rotatable bonds is 6. The fourth-order valence-corrected chi connectivity index (χ4v) is 2.77. The van der Waals surface area contributed by atoms with E-state index in [1.54, 1.807) is 17.5 Å². The number of nitrogens with zero attached hydrogens (tertiary/aromatic N) is 2. The van der Waals surface area contributed by atoms with Gasteiger partial charge in [0.2, 0.25) is 0 Å². The minimum atomic E-state index is -0.287. The van der Waals surface area contributed by atoms with E-state index in [1.807, 2.05) is 35.2 Å². The van der Waals surface area contributed by atoms with Crippen molar-refractivity contribution in [3.8, 4) is 10.7 Å². The molecule has 2 heterocycles. The molecule has 0 saturated heterocycles. The molecule has 0 aliphatic carbocycles. The minimum Gasteiger partial charge on any atom is -0.464 e. The molecular formula is C14H18N2O2S. The Morgan fingerprint density at radius 1 is 1.53 bits per heavy atom. The summed E-state index contributed by atoms with van der Waals surface area (Å²) in [6, 6.07) is 3.71. The Labute approximate surface area is 117 Å². The Bertz CT molecular complexity index is 519. The molecule has 0 aliphatic heterocycles. The molecule has 0 aliphatic rings. The van der Waals surface area contributed by atoms with Crippen LogP contribution >= 0.6 is 11.3 Å². The van der Waals surface area contributed by atoms with Gasteiger partial charge in [-0.3, -0.25) is 0 Å². The predicted molar refractivity (Wildman–Crippen MR) is 76.1 cm³/mol. The van der Waals surface area contributed by atoms with E-state index in [4.69, 9.17) is 4.74 Å². The van der Waals surface area contributed by atoms with Crippen LogP contribution in [0.1, 0.15) is 32.7 Å². The van der Waals surface area contributed by atoms with Crippen LogP contribution in [0.15, 0.2) is 29.9 Å². The molecule has 2 rings (SSSR count). The van der Waals surface area contributed by atoms with Gasteiger partial charge in [0.15, 0.2) is 5.82 Å². The Hall–Kier alpha value is -1.62. The number of hydrogen-bond donors (Lipinski definition) is 0. The molecule has 4 nitrogen and oxygen atoms in total. The lowest BCUT2D eigenvalue weighted by Gasteiger charge is -2.18. The third-order valence-corrected chi connectivity index (χ3v) is 3.73. The van der Waals surface area contributed by atoms with Crippen molar-refractivity contribution in [2.24, 2.45) is 0 Å². The van der Waals surface area contributed by atoms with E-state index in [2.05, 4.69) is 11.9 Å². The van der Waals surface area contributed by atoms with E-state index in [9.17, 15) is 4.79 Å². The average molecular weight is 278 g/mol. The van der Waals surface area contributed by atoms with Crippen LogP contribution in [0, 0.1) is 0 Å². The van der Waals surface area contributed by atoms with E-state index in [0.717, 1.165) is 23.5 Å². The second-order valence-corrected chi connectivity index (χ2v) is 5.14. The van der Waals surface area contributed by atoms with Crippen LogP contribution in [-0.4, -0.2) is 22.1 Å². The van der Waals surface area contributed by atoms with Crippen LogP contribution in [0.3, 0.4) is 0 Å². The van der Waals surface area contributed by atoms with Crippen molar-refractivity contribution >= 4 is 17.3 Å². The number of imidazole rings is 1. The summed E-state index contributed by atoms with van der Waals surface area (Å²) in [7, 11) is 0. The van der Waals surface area contributed by atoms with E-state index >= 15 is 0 Å². The van der Waals surface area contributed by atoms with Crippen LogP contribution in [0.5, 0.6) is 0 Å². The number of carbonyl (C=O) groups is 1. The van der Waals surface area contributed by atoms with E-state index in [0.29, 0.717) is 6.61 Å². The third-order valence-electron chi connectivity index (χ3n) is 2.87. The van der Waals surface area contributed by atoms with Crippen molar-refractivity contribution in [1.82, 2.24) is 9.55 Å². The first-order valence-electron chi connectivity index (χ1n) is 6.51. The lowest BCUT2D eigenvalue weighted by atomic mass is 10.1. The van der Waals surface area contributed by atoms with Crippen LogP contribution < -0.4 is 0 Å². The molecule has 0 saturated carbocycles. The summed E-state index contributed by atoms with van der Waals surface area (Å²) in [6.07, 6.45) is 5.27. The van der Waals surface area contributed by atoms with Gasteiger partial charge in [-0.2, -0.15) is 0 Å². The second kappa shape index (κ2) is 6.52. The normalized spacial score (nSPS) is 12.3. The highest BCUT2D eigenvalue weighted by Crippen LogP contribution is 2.27. The molecule has 0 aromatic carbocycles. The summed E-state index contributed by atoms with van der Waals surface area (Å²) in [5.74, 6) is 0.654. The predicted octanol–water partition coefficient (Wildman–Crippen LogP) is 3.52. The molecule has 0 radical (unpaired) electrons. The largest absolute Gasteiger partial charge is 0.464 e. The first-order chi connectivity index (χ1) is 9.27. The maximum atomic E-state index is 12.1. The summed E-state index contributed by atoms with van der Waals surface area (Å²) in [5, 5.41) is 2.01. The monoisotopic (exact) mass is 278 g/mol. The topological polar surface area (TPSA) is 44.1 Å². The van der Waals surface area contributed by atoms with Gasteiger partial charge in [0.25, 0.3) is 0 Å². The van der Waals surface area contributed by atoms with E-state index < -0.39 is 0 Å². The van der Waals surface area contributed by atoms with E-state index in [-0.39, 0.29) is 12.0 Å². The first kappa shape index (κ1) is 13.8. The van der Waals surface area contributed by atoms with Gasteiger partial charge >= 0.3 is 5.97 Å². The number of aromatic nitrogens is 2. The van der Waals surface area contributed by atoms with Gasteiger partial charge in [0.1, 0.15) is 6.04 Å². The Morgan fingerprint density at radius 3 is 3.00 bits per heavy atom. The number of carbonyl (C=O) groups excluding carboxylic acids is 1. The van der Waals surface area contributed by atoms with Gasteiger partial charge in [-0.1, -0.05) is 19.4 Å². The van der Waals surface area contributed by atoms with E-state index in [1.165, 1.54) is 0 Å². The molecule has 102 valence electrons. The molecule has 2 aromatic heterocycles. The van der Waals surface area contributed by atoms with Gasteiger partial charge in [0.05, 0.1) is 11.5 Å². The lowest BCUT2D eigenvalue weighted by Crippen LogP contribution is -2.22. The zero-order valence-electron chi connectivity index (χ0n) is 11.2. The Kier molecular flexibility index (Phi) is 4.74. The lowest BCUT2D eigenvalue weighted by molar-refractivity contribution is -0.147. The van der Waals surface area contributed by atoms with Crippen LogP contribution in [0.2, 0.25) is 0 Å². The van der Waals surface area contributed by atoms with Crippen molar-refractivity contribution in [3.63, 3.8) is 0 Å². The van der Waals surface area contributed by atoms with Crippen LogP contribution in [-0.2, 0) is 9.53 Å². The summed E-state index contributed by atoms with van der Waals surface area (Å²) in [6.45, 7) is 4.30. The highest BCUT2D eigenvalue weighted by molar-refractivity contribution is 7.13. The molecule has 1 unspecified atom stereocenters. The molecule has 0 spiro atoms. The molecule has 0 amide bonds. The van der Waals surface area contributed by atoms with Crippen molar-refractivity contribution in [2.45, 2.75) is 32.7 Å². The number of hydrogen-bond acceptors (Lipinski definition) is 4. The molecule has 0 bridgehead atoms. The van der Waals surface area contributed by atoms with Crippen molar-refractivity contribution in [2.75, 3.05) is 6.61 Å². The van der Waals surface area contributed by atoms with Crippen molar-refractivity contribution in [3.05, 3.63) is 29.9 Å². The van der Waals surface area contributed by atoms with Gasteiger partial charge in [0, 0.05) is 12.4 Å². The third kappa shape index (κ3) is 3.04. The van der Waals surface area contributed by atoms with Gasteiger partial charge in [-0.25, -0.2) is 9.78 Å². The highest BCUT2D eigenvalue weighted by atomic mass is 32.1. The van der Waals surface area contributed by atoms with Crippen LogP contribution in [0.25, 0.3) is 10.7 Å². The quantitative estimate of drug-likeness (QED) is 0.759. The zero-order valence-corrected chi connectivity index (χ0v) is 12.0. The summed E-state index contributed by atoms with van der Waals surface area (Å²) in [4.78, 5) is 17.5. The number of ether oxygens (including phenoxy) is 1.